The Balaban J connectivity index is 3.13. The van der Waals surface area contributed by atoms with Gasteiger partial charge in [0.05, 0.1) is 22.2 Å². The van der Waals surface area contributed by atoms with Gasteiger partial charge in [0, 0.05) is 18.7 Å². The summed E-state index contributed by atoms with van der Waals surface area (Å²) in [6.45, 7) is 1.35. The van der Waals surface area contributed by atoms with Gasteiger partial charge in [-0.15, -0.1) is 0 Å². The number of aliphatic hydroxyl groups is 1. The zero-order chi connectivity index (χ0) is 14.6. The molecule has 8 nitrogen and oxygen atoms in total. The summed E-state index contributed by atoms with van der Waals surface area (Å²) in [5, 5.41) is 30.8. The number of non-ortho nitro benzene ring substituents is 1. The number of benzene rings is 1. The molecule has 8 heteroatoms. The molecule has 0 aliphatic heterocycles. The van der Waals surface area contributed by atoms with Crippen molar-refractivity contribution in [1.82, 2.24) is 5.32 Å². The van der Waals surface area contributed by atoms with Crippen molar-refractivity contribution in [3.63, 3.8) is 0 Å². The van der Waals surface area contributed by atoms with Crippen molar-refractivity contribution in [2.45, 2.75) is 13.0 Å². The van der Waals surface area contributed by atoms with Crippen molar-refractivity contribution in [3.05, 3.63) is 39.4 Å². The third-order valence-corrected chi connectivity index (χ3v) is 2.25. The summed E-state index contributed by atoms with van der Waals surface area (Å²) < 4.78 is 0. The summed E-state index contributed by atoms with van der Waals surface area (Å²) >= 11 is 0. The van der Waals surface area contributed by atoms with Gasteiger partial charge in [-0.25, -0.2) is 4.79 Å². The smallest absolute Gasteiger partial charge is 0.336 e. The van der Waals surface area contributed by atoms with Gasteiger partial charge in [-0.2, -0.15) is 0 Å². The second-order valence-electron chi connectivity index (χ2n) is 3.85. The number of carbonyl (C=O) groups excluding carboxylic acids is 1. The SMILES string of the molecule is CC(O)CNC(=O)c1cc([N+](=O)[O-])ccc1C(=O)O. The number of carbonyl (C=O) groups is 2. The molecule has 1 amide bonds. The fraction of sp³-hybridized carbons (Fsp3) is 0.273. The van der Waals surface area contributed by atoms with Gasteiger partial charge in [0.25, 0.3) is 11.6 Å². The zero-order valence-corrected chi connectivity index (χ0v) is 9.99. The number of rotatable bonds is 5. The van der Waals surface area contributed by atoms with Crippen LogP contribution < -0.4 is 5.32 Å². The fourth-order valence-electron chi connectivity index (χ4n) is 1.36. The number of aliphatic hydroxyl groups excluding tert-OH is 1. The molecule has 0 aliphatic carbocycles. The molecule has 0 spiro atoms. The van der Waals surface area contributed by atoms with E-state index in [4.69, 9.17) is 10.2 Å². The van der Waals surface area contributed by atoms with Crippen molar-refractivity contribution < 1.29 is 24.7 Å². The average molecular weight is 268 g/mol. The van der Waals surface area contributed by atoms with Gasteiger partial charge >= 0.3 is 5.97 Å². The van der Waals surface area contributed by atoms with Crippen LogP contribution >= 0.6 is 0 Å². The largest absolute Gasteiger partial charge is 0.478 e. The number of amides is 1. The van der Waals surface area contributed by atoms with E-state index in [0.29, 0.717) is 0 Å². The first kappa shape index (κ1) is 14.6. The minimum absolute atomic E-state index is 0.0828. The zero-order valence-electron chi connectivity index (χ0n) is 9.99. The van der Waals surface area contributed by atoms with Gasteiger partial charge in [0.15, 0.2) is 0 Å². The Morgan fingerprint density at radius 2 is 2.05 bits per heavy atom. The highest BCUT2D eigenvalue weighted by atomic mass is 16.6. The molecule has 0 fully saturated rings. The van der Waals surface area contributed by atoms with Crippen LogP contribution in [-0.2, 0) is 0 Å². The summed E-state index contributed by atoms with van der Waals surface area (Å²) in [7, 11) is 0. The van der Waals surface area contributed by atoms with Crippen molar-refractivity contribution in [1.29, 1.82) is 0 Å². The van der Waals surface area contributed by atoms with Crippen molar-refractivity contribution >= 4 is 17.6 Å². The Morgan fingerprint density at radius 3 is 2.53 bits per heavy atom. The van der Waals surface area contributed by atoms with Crippen LogP contribution in [0.4, 0.5) is 5.69 Å². The van der Waals surface area contributed by atoms with Crippen LogP contribution in [0.3, 0.4) is 0 Å². The molecule has 3 N–H and O–H groups in total. The maximum absolute atomic E-state index is 11.7. The summed E-state index contributed by atoms with van der Waals surface area (Å²) in [4.78, 5) is 32.6. The van der Waals surface area contributed by atoms with Crippen LogP contribution in [0.1, 0.15) is 27.6 Å². The molecule has 1 rings (SSSR count). The maximum atomic E-state index is 11.7. The minimum atomic E-state index is -1.36. The summed E-state index contributed by atoms with van der Waals surface area (Å²) in [6, 6.07) is 2.90. The van der Waals surface area contributed by atoms with Gasteiger partial charge < -0.3 is 15.5 Å². The first-order valence-electron chi connectivity index (χ1n) is 5.31. The molecule has 0 heterocycles. The van der Waals surface area contributed by atoms with Gasteiger partial charge in [-0.1, -0.05) is 0 Å². The molecule has 1 unspecified atom stereocenters. The van der Waals surface area contributed by atoms with Gasteiger partial charge in [0.2, 0.25) is 0 Å². The Kier molecular flexibility index (Phi) is 4.54. The van der Waals surface area contributed by atoms with Crippen LogP contribution in [0.15, 0.2) is 18.2 Å². The predicted octanol–water partition coefficient (Wildman–Crippen LogP) is 0.404. The van der Waals surface area contributed by atoms with E-state index in [1.807, 2.05) is 0 Å². The number of nitro benzene ring substituents is 1. The Hall–Kier alpha value is -2.48. The molecular formula is C11H12N2O6. The van der Waals surface area contributed by atoms with Gasteiger partial charge in [-0.05, 0) is 13.0 Å². The molecule has 1 aromatic rings. The molecule has 0 aromatic heterocycles. The maximum Gasteiger partial charge on any atom is 0.336 e. The molecule has 0 radical (unpaired) electrons. The second kappa shape index (κ2) is 5.91. The number of carboxylic acid groups (broad SMARTS) is 1. The molecular weight excluding hydrogens is 256 g/mol. The highest BCUT2D eigenvalue weighted by molar-refractivity contribution is 6.05. The van der Waals surface area contributed by atoms with E-state index in [2.05, 4.69) is 5.32 Å². The molecule has 102 valence electrons. The number of nitrogens with zero attached hydrogens (tertiary/aromatic N) is 1. The summed E-state index contributed by atoms with van der Waals surface area (Å²) in [5.74, 6) is -2.15. The van der Waals surface area contributed by atoms with E-state index in [-0.39, 0.29) is 23.4 Å². The Morgan fingerprint density at radius 1 is 1.42 bits per heavy atom. The van der Waals surface area contributed by atoms with Crippen LogP contribution in [0.2, 0.25) is 0 Å². The molecule has 0 aliphatic rings. The summed E-state index contributed by atoms with van der Waals surface area (Å²) in [5.41, 5.74) is -1.04. The lowest BCUT2D eigenvalue weighted by atomic mass is 10.1. The number of nitrogens with one attached hydrogen (secondary N) is 1. The molecule has 0 saturated heterocycles. The van der Waals surface area contributed by atoms with E-state index in [1.165, 1.54) is 6.92 Å². The summed E-state index contributed by atoms with van der Waals surface area (Å²) in [6.07, 6.45) is -0.809. The van der Waals surface area contributed by atoms with Crippen molar-refractivity contribution in [2.75, 3.05) is 6.54 Å². The van der Waals surface area contributed by atoms with E-state index in [9.17, 15) is 19.7 Å². The topological polar surface area (TPSA) is 130 Å². The quantitative estimate of drug-likeness (QED) is 0.523. The second-order valence-corrected chi connectivity index (χ2v) is 3.85. The lowest BCUT2D eigenvalue weighted by molar-refractivity contribution is -0.384. The average Bonchev–Trinajstić information content (AvgIpc) is 2.34. The normalized spacial score (nSPS) is 11.7. The van der Waals surface area contributed by atoms with Gasteiger partial charge in [0.1, 0.15) is 0 Å². The van der Waals surface area contributed by atoms with E-state index >= 15 is 0 Å². The van der Waals surface area contributed by atoms with Crippen LogP contribution in [0, 0.1) is 10.1 Å². The molecule has 0 saturated carbocycles. The number of aromatic carboxylic acids is 1. The van der Waals surface area contributed by atoms with Gasteiger partial charge in [-0.3, -0.25) is 14.9 Å². The number of nitro groups is 1. The molecule has 1 aromatic carbocycles. The van der Waals surface area contributed by atoms with Crippen LogP contribution in [0.5, 0.6) is 0 Å². The first-order chi connectivity index (χ1) is 8.82. The van der Waals surface area contributed by atoms with E-state index < -0.39 is 22.9 Å². The van der Waals surface area contributed by atoms with E-state index in [0.717, 1.165) is 18.2 Å². The first-order valence-corrected chi connectivity index (χ1v) is 5.31. The third-order valence-electron chi connectivity index (χ3n) is 2.25. The Bertz CT molecular complexity index is 526. The Labute approximate surface area is 107 Å². The lowest BCUT2D eigenvalue weighted by Gasteiger charge is -2.09. The molecule has 19 heavy (non-hydrogen) atoms. The van der Waals surface area contributed by atoms with Crippen LogP contribution in [0.25, 0.3) is 0 Å². The number of hydrogen-bond acceptors (Lipinski definition) is 5. The van der Waals surface area contributed by atoms with E-state index in [1.54, 1.807) is 0 Å². The monoisotopic (exact) mass is 268 g/mol. The fourth-order valence-corrected chi connectivity index (χ4v) is 1.36. The van der Waals surface area contributed by atoms with Crippen molar-refractivity contribution in [2.24, 2.45) is 0 Å². The standard InChI is InChI=1S/C11H12N2O6/c1-6(14)5-12-10(15)9-4-7(13(18)19)2-3-8(9)11(16)17/h2-4,6,14H,5H2,1H3,(H,12,15)(H,16,17). The third kappa shape index (κ3) is 3.75. The number of hydrogen-bond donors (Lipinski definition) is 3. The van der Waals surface area contributed by atoms with Crippen LogP contribution in [-0.4, -0.2) is 39.7 Å². The molecule has 0 bridgehead atoms. The lowest BCUT2D eigenvalue weighted by Crippen LogP contribution is -2.31. The highest BCUT2D eigenvalue weighted by Gasteiger charge is 2.20. The highest BCUT2D eigenvalue weighted by Crippen LogP contribution is 2.18. The predicted molar refractivity (Wildman–Crippen MR) is 64.1 cm³/mol. The number of carboxylic acids is 1. The molecule has 1 atom stereocenters. The minimum Gasteiger partial charge on any atom is -0.478 e. The van der Waals surface area contributed by atoms with Crippen molar-refractivity contribution in [3.8, 4) is 0 Å².